The minimum atomic E-state index is -0.503. The average molecular weight is 417 g/mol. The second-order valence-corrected chi connectivity index (χ2v) is 7.33. The monoisotopic (exact) mass is 417 g/mol. The molecule has 156 valence electrons. The maximum atomic E-state index is 12.9. The van der Waals surface area contributed by atoms with E-state index in [4.69, 9.17) is 0 Å². The Labute approximate surface area is 177 Å². The van der Waals surface area contributed by atoms with Gasteiger partial charge in [-0.3, -0.25) is 29.4 Å². The number of amides is 3. The standard InChI is InChI=1S/C23H19N3O5/c1-14-18(10-4-11-19(14)26(30)31)24-20(27)12-5-13-25-22(28)16-8-2-6-15-7-3-9-17(21(15)16)23(25)29/h2-4,6-11H,5,12-13H2,1H3,(H,24,27). The Kier molecular flexibility index (Phi) is 5.21. The lowest BCUT2D eigenvalue weighted by Gasteiger charge is -2.27. The predicted molar refractivity (Wildman–Crippen MR) is 115 cm³/mol. The van der Waals surface area contributed by atoms with Crippen molar-refractivity contribution in [2.24, 2.45) is 0 Å². The maximum absolute atomic E-state index is 12.9. The first-order chi connectivity index (χ1) is 14.9. The first-order valence-electron chi connectivity index (χ1n) is 9.80. The number of nitro benzene ring substituents is 1. The van der Waals surface area contributed by atoms with Crippen molar-refractivity contribution in [3.8, 4) is 0 Å². The highest BCUT2D eigenvalue weighted by Crippen LogP contribution is 2.30. The summed E-state index contributed by atoms with van der Waals surface area (Å²) in [5.74, 6) is -1.09. The van der Waals surface area contributed by atoms with Crippen LogP contribution in [-0.2, 0) is 4.79 Å². The van der Waals surface area contributed by atoms with Crippen LogP contribution in [0.2, 0.25) is 0 Å². The molecule has 0 aliphatic carbocycles. The van der Waals surface area contributed by atoms with E-state index in [1.54, 1.807) is 37.3 Å². The molecule has 3 aromatic carbocycles. The Balaban J connectivity index is 1.43. The van der Waals surface area contributed by atoms with Crippen molar-refractivity contribution < 1.29 is 19.3 Å². The molecular weight excluding hydrogens is 398 g/mol. The second-order valence-electron chi connectivity index (χ2n) is 7.33. The van der Waals surface area contributed by atoms with Gasteiger partial charge in [0.05, 0.1) is 16.2 Å². The van der Waals surface area contributed by atoms with Gasteiger partial charge in [0, 0.05) is 35.5 Å². The van der Waals surface area contributed by atoms with Crippen LogP contribution in [0.25, 0.3) is 10.8 Å². The van der Waals surface area contributed by atoms with Crippen molar-refractivity contribution in [3.63, 3.8) is 0 Å². The average Bonchev–Trinajstić information content (AvgIpc) is 2.75. The van der Waals surface area contributed by atoms with E-state index < -0.39 is 4.92 Å². The third-order valence-corrected chi connectivity index (χ3v) is 5.42. The minimum Gasteiger partial charge on any atom is -0.326 e. The summed E-state index contributed by atoms with van der Waals surface area (Å²) in [5.41, 5.74) is 1.61. The Morgan fingerprint density at radius 3 is 2.23 bits per heavy atom. The van der Waals surface area contributed by atoms with Gasteiger partial charge in [-0.25, -0.2) is 0 Å². The fourth-order valence-electron chi connectivity index (χ4n) is 3.85. The van der Waals surface area contributed by atoms with Crippen LogP contribution < -0.4 is 5.32 Å². The van der Waals surface area contributed by atoms with E-state index in [2.05, 4.69) is 5.32 Å². The first-order valence-corrected chi connectivity index (χ1v) is 9.80. The fourth-order valence-corrected chi connectivity index (χ4v) is 3.85. The van der Waals surface area contributed by atoms with E-state index in [0.717, 1.165) is 5.39 Å². The normalized spacial score (nSPS) is 12.9. The minimum absolute atomic E-state index is 0.0606. The van der Waals surface area contributed by atoms with Gasteiger partial charge in [0.25, 0.3) is 17.5 Å². The van der Waals surface area contributed by atoms with Crippen molar-refractivity contribution in [1.82, 2.24) is 4.90 Å². The number of hydrogen-bond acceptors (Lipinski definition) is 5. The van der Waals surface area contributed by atoms with Gasteiger partial charge in [-0.1, -0.05) is 30.3 Å². The molecule has 1 aliphatic heterocycles. The topological polar surface area (TPSA) is 110 Å². The molecule has 0 saturated heterocycles. The highest BCUT2D eigenvalue weighted by atomic mass is 16.6. The SMILES string of the molecule is Cc1c(NC(=O)CCCN2C(=O)c3cccc4cccc(c34)C2=O)cccc1[N+](=O)[O-]. The summed E-state index contributed by atoms with van der Waals surface area (Å²) in [6, 6.07) is 15.1. The molecule has 0 saturated carbocycles. The van der Waals surface area contributed by atoms with Gasteiger partial charge in [-0.2, -0.15) is 0 Å². The lowest BCUT2D eigenvalue weighted by molar-refractivity contribution is -0.385. The van der Waals surface area contributed by atoms with E-state index in [0.29, 0.717) is 27.8 Å². The highest BCUT2D eigenvalue weighted by Gasteiger charge is 2.32. The largest absolute Gasteiger partial charge is 0.326 e. The van der Waals surface area contributed by atoms with Crippen LogP contribution in [0.5, 0.6) is 0 Å². The number of imide groups is 1. The Morgan fingerprint density at radius 1 is 1.00 bits per heavy atom. The molecule has 0 bridgehead atoms. The van der Waals surface area contributed by atoms with E-state index in [1.165, 1.54) is 17.0 Å². The lowest BCUT2D eigenvalue weighted by atomic mass is 9.94. The van der Waals surface area contributed by atoms with Gasteiger partial charge in [0.2, 0.25) is 5.91 Å². The zero-order chi connectivity index (χ0) is 22.1. The molecule has 1 heterocycles. The number of hydrogen-bond donors (Lipinski definition) is 1. The summed E-state index contributed by atoms with van der Waals surface area (Å²) >= 11 is 0. The summed E-state index contributed by atoms with van der Waals surface area (Å²) < 4.78 is 0. The van der Waals surface area contributed by atoms with Crippen LogP contribution >= 0.6 is 0 Å². The van der Waals surface area contributed by atoms with E-state index in [1.807, 2.05) is 12.1 Å². The fraction of sp³-hybridized carbons (Fsp3) is 0.174. The number of nitro groups is 1. The van der Waals surface area contributed by atoms with Crippen LogP contribution in [0, 0.1) is 17.0 Å². The molecule has 8 heteroatoms. The van der Waals surface area contributed by atoms with Crippen molar-refractivity contribution in [2.75, 3.05) is 11.9 Å². The van der Waals surface area contributed by atoms with Crippen molar-refractivity contribution >= 4 is 39.9 Å². The van der Waals surface area contributed by atoms with Crippen molar-refractivity contribution in [2.45, 2.75) is 19.8 Å². The number of anilines is 1. The summed E-state index contributed by atoms with van der Waals surface area (Å²) in [7, 11) is 0. The number of nitrogens with one attached hydrogen (secondary N) is 1. The quantitative estimate of drug-likeness (QED) is 0.369. The smallest absolute Gasteiger partial charge is 0.274 e. The Bertz CT molecular complexity index is 1200. The van der Waals surface area contributed by atoms with E-state index in [9.17, 15) is 24.5 Å². The van der Waals surface area contributed by atoms with Crippen LogP contribution in [0.3, 0.4) is 0 Å². The van der Waals surface area contributed by atoms with Crippen LogP contribution in [0.15, 0.2) is 54.6 Å². The van der Waals surface area contributed by atoms with Crippen LogP contribution in [0.1, 0.15) is 39.1 Å². The molecule has 1 aliphatic rings. The molecule has 1 N–H and O–H groups in total. The number of nitrogens with zero attached hydrogens (tertiary/aromatic N) is 2. The molecular formula is C23H19N3O5. The summed E-state index contributed by atoms with van der Waals surface area (Å²) in [6.45, 7) is 1.67. The first kappa shape index (κ1) is 20.2. The molecule has 0 spiro atoms. The number of benzene rings is 3. The molecule has 0 radical (unpaired) electrons. The Morgan fingerprint density at radius 2 is 1.61 bits per heavy atom. The highest BCUT2D eigenvalue weighted by molar-refractivity contribution is 6.25. The molecule has 0 unspecified atom stereocenters. The van der Waals surface area contributed by atoms with Gasteiger partial charge in [-0.05, 0) is 36.9 Å². The Hall–Kier alpha value is -4.07. The summed E-state index contributed by atoms with van der Waals surface area (Å²) in [6.07, 6.45) is 0.334. The number of carbonyl (C=O) groups excluding carboxylic acids is 3. The van der Waals surface area contributed by atoms with Gasteiger partial charge >= 0.3 is 0 Å². The lowest BCUT2D eigenvalue weighted by Crippen LogP contribution is -2.41. The molecule has 3 aromatic rings. The number of rotatable bonds is 6. The molecule has 4 rings (SSSR count). The zero-order valence-corrected chi connectivity index (χ0v) is 16.8. The number of carbonyl (C=O) groups is 3. The van der Waals surface area contributed by atoms with Crippen molar-refractivity contribution in [3.05, 3.63) is 81.4 Å². The third-order valence-electron chi connectivity index (χ3n) is 5.42. The van der Waals surface area contributed by atoms with Gasteiger partial charge in [0.1, 0.15) is 0 Å². The predicted octanol–water partition coefficient (Wildman–Crippen LogP) is 4.07. The molecule has 3 amide bonds. The maximum Gasteiger partial charge on any atom is 0.274 e. The molecule has 8 nitrogen and oxygen atoms in total. The molecule has 0 aromatic heterocycles. The van der Waals surface area contributed by atoms with Crippen LogP contribution in [-0.4, -0.2) is 34.1 Å². The summed E-state index contributed by atoms with van der Waals surface area (Å²) in [4.78, 5) is 49.8. The van der Waals surface area contributed by atoms with E-state index in [-0.39, 0.29) is 42.8 Å². The van der Waals surface area contributed by atoms with Gasteiger partial charge < -0.3 is 5.32 Å². The van der Waals surface area contributed by atoms with E-state index >= 15 is 0 Å². The van der Waals surface area contributed by atoms with Crippen LogP contribution in [0.4, 0.5) is 11.4 Å². The summed E-state index contributed by atoms with van der Waals surface area (Å²) in [5, 5.41) is 15.2. The van der Waals surface area contributed by atoms with Gasteiger partial charge in [0.15, 0.2) is 0 Å². The molecule has 0 atom stereocenters. The second kappa shape index (κ2) is 7.98. The van der Waals surface area contributed by atoms with Crippen molar-refractivity contribution in [1.29, 1.82) is 0 Å². The molecule has 31 heavy (non-hydrogen) atoms. The zero-order valence-electron chi connectivity index (χ0n) is 16.8. The molecule has 0 fully saturated rings. The third kappa shape index (κ3) is 3.63. The van der Waals surface area contributed by atoms with Gasteiger partial charge in [-0.15, -0.1) is 0 Å².